The summed E-state index contributed by atoms with van der Waals surface area (Å²) >= 11 is 0. The van der Waals surface area contributed by atoms with Gasteiger partial charge in [-0.3, -0.25) is 14.9 Å². The number of carbonyl (C=O) groups is 1. The van der Waals surface area contributed by atoms with Crippen molar-refractivity contribution in [1.29, 1.82) is 0 Å². The van der Waals surface area contributed by atoms with E-state index in [1.807, 2.05) is 6.92 Å². The lowest BCUT2D eigenvalue weighted by molar-refractivity contribution is -0.384. The summed E-state index contributed by atoms with van der Waals surface area (Å²) in [6.45, 7) is 1.86. The molecule has 2 aromatic carbocycles. The molecule has 0 aliphatic heterocycles. The third-order valence-corrected chi connectivity index (χ3v) is 5.27. The molecule has 0 saturated heterocycles. The summed E-state index contributed by atoms with van der Waals surface area (Å²) in [6.07, 6.45) is 6.63. The minimum Gasteiger partial charge on any atom is -0.273 e. The van der Waals surface area contributed by atoms with Crippen molar-refractivity contribution in [2.24, 2.45) is 5.10 Å². The van der Waals surface area contributed by atoms with Crippen LogP contribution in [0.1, 0.15) is 61.6 Å². The number of hydrogen-bond acceptors (Lipinski definition) is 4. The maximum absolute atomic E-state index is 12.1. The van der Waals surface area contributed by atoms with E-state index >= 15 is 0 Å². The van der Waals surface area contributed by atoms with Crippen molar-refractivity contribution < 1.29 is 9.72 Å². The Kier molecular flexibility index (Phi) is 6.53. The first-order chi connectivity index (χ1) is 13.5. The van der Waals surface area contributed by atoms with Gasteiger partial charge < -0.3 is 0 Å². The molecule has 1 aliphatic carbocycles. The van der Waals surface area contributed by atoms with Gasteiger partial charge in [0.2, 0.25) is 5.91 Å². The fourth-order valence-electron chi connectivity index (χ4n) is 3.60. The molecule has 2 aromatic rings. The summed E-state index contributed by atoms with van der Waals surface area (Å²) in [5, 5.41) is 14.9. The van der Waals surface area contributed by atoms with Crippen LogP contribution in [-0.2, 0) is 11.2 Å². The molecule has 0 unspecified atom stereocenters. The highest BCUT2D eigenvalue weighted by Crippen LogP contribution is 2.32. The maximum atomic E-state index is 12.1. The van der Waals surface area contributed by atoms with E-state index in [1.54, 1.807) is 12.1 Å². The lowest BCUT2D eigenvalue weighted by atomic mass is 9.84. The van der Waals surface area contributed by atoms with Gasteiger partial charge in [-0.2, -0.15) is 5.10 Å². The number of amides is 1. The van der Waals surface area contributed by atoms with Crippen molar-refractivity contribution in [2.45, 2.75) is 51.4 Å². The van der Waals surface area contributed by atoms with Gasteiger partial charge in [-0.15, -0.1) is 0 Å². The van der Waals surface area contributed by atoms with Crippen LogP contribution >= 0.6 is 0 Å². The molecule has 6 heteroatoms. The van der Waals surface area contributed by atoms with Gasteiger partial charge in [0, 0.05) is 12.1 Å². The zero-order valence-electron chi connectivity index (χ0n) is 16.1. The van der Waals surface area contributed by atoms with Crippen LogP contribution in [-0.4, -0.2) is 16.5 Å². The molecule has 0 aromatic heterocycles. The number of nitrogens with one attached hydrogen (secondary N) is 1. The Hall–Kier alpha value is -3.02. The highest BCUT2D eigenvalue weighted by Gasteiger charge is 2.15. The molecule has 0 bridgehead atoms. The van der Waals surface area contributed by atoms with Crippen LogP contribution < -0.4 is 5.43 Å². The quantitative estimate of drug-likeness (QED) is 0.447. The molecule has 1 saturated carbocycles. The van der Waals surface area contributed by atoms with E-state index < -0.39 is 4.92 Å². The van der Waals surface area contributed by atoms with Crippen LogP contribution in [0.3, 0.4) is 0 Å². The first-order valence-electron chi connectivity index (χ1n) is 9.70. The number of nitrogens with zero attached hydrogens (tertiary/aromatic N) is 2. The Morgan fingerprint density at radius 1 is 1.07 bits per heavy atom. The van der Waals surface area contributed by atoms with Gasteiger partial charge >= 0.3 is 0 Å². The zero-order valence-corrected chi connectivity index (χ0v) is 16.1. The summed E-state index contributed by atoms with van der Waals surface area (Å²) < 4.78 is 0. The zero-order chi connectivity index (χ0) is 19.9. The van der Waals surface area contributed by atoms with Gasteiger partial charge in [0.15, 0.2) is 0 Å². The molecule has 1 amide bonds. The van der Waals surface area contributed by atoms with E-state index in [9.17, 15) is 14.9 Å². The lowest BCUT2D eigenvalue weighted by Crippen LogP contribution is -2.21. The number of carbonyl (C=O) groups excluding carboxylic acids is 1. The summed E-state index contributed by atoms with van der Waals surface area (Å²) in [6, 6.07) is 14.4. The summed E-state index contributed by atoms with van der Waals surface area (Å²) in [5.41, 5.74) is 6.38. The summed E-state index contributed by atoms with van der Waals surface area (Å²) in [5.74, 6) is 0.411. The standard InChI is InChI=1S/C22H25N3O3/c1-16(18-9-11-20(12-10-18)19-5-3-2-4-6-19)23-24-22(26)15-17-7-13-21(14-8-17)25(27)28/h7-14,19H,2-6,15H2,1H3,(H,24,26)/b23-16-. The fourth-order valence-corrected chi connectivity index (χ4v) is 3.60. The molecule has 0 atom stereocenters. The number of rotatable bonds is 6. The van der Waals surface area contributed by atoms with E-state index in [2.05, 4.69) is 34.8 Å². The van der Waals surface area contributed by atoms with Crippen molar-refractivity contribution in [1.82, 2.24) is 5.43 Å². The first kappa shape index (κ1) is 19.7. The van der Waals surface area contributed by atoms with Gasteiger partial charge in [0.25, 0.3) is 5.69 Å². The lowest BCUT2D eigenvalue weighted by Gasteiger charge is -2.22. The predicted octanol–water partition coefficient (Wildman–Crippen LogP) is 4.73. The second-order valence-corrected chi connectivity index (χ2v) is 7.29. The molecule has 0 radical (unpaired) electrons. The average Bonchev–Trinajstić information content (AvgIpc) is 2.73. The van der Waals surface area contributed by atoms with Crippen LogP contribution in [0.2, 0.25) is 0 Å². The predicted molar refractivity (Wildman–Crippen MR) is 109 cm³/mol. The van der Waals surface area contributed by atoms with Gasteiger partial charge in [0.05, 0.1) is 17.1 Å². The Bertz CT molecular complexity index is 852. The summed E-state index contributed by atoms with van der Waals surface area (Å²) in [7, 11) is 0. The number of hydrogen-bond donors (Lipinski definition) is 1. The van der Waals surface area contributed by atoms with E-state index in [0.717, 1.165) is 11.3 Å². The van der Waals surface area contributed by atoms with Crippen LogP contribution in [0.15, 0.2) is 53.6 Å². The molecule has 6 nitrogen and oxygen atoms in total. The number of nitro groups is 1. The minimum atomic E-state index is -0.461. The molecule has 3 rings (SSSR count). The van der Waals surface area contributed by atoms with Gasteiger partial charge in [-0.05, 0) is 42.4 Å². The van der Waals surface area contributed by atoms with E-state index in [0.29, 0.717) is 11.5 Å². The Labute approximate surface area is 164 Å². The van der Waals surface area contributed by atoms with E-state index in [-0.39, 0.29) is 18.0 Å². The van der Waals surface area contributed by atoms with Crippen LogP contribution in [0.25, 0.3) is 0 Å². The smallest absolute Gasteiger partial charge is 0.269 e. The summed E-state index contributed by atoms with van der Waals surface area (Å²) in [4.78, 5) is 22.3. The molecule has 0 heterocycles. The van der Waals surface area contributed by atoms with Crippen molar-refractivity contribution in [3.05, 3.63) is 75.3 Å². The maximum Gasteiger partial charge on any atom is 0.269 e. The van der Waals surface area contributed by atoms with Crippen molar-refractivity contribution in [3.8, 4) is 0 Å². The molecule has 1 aliphatic rings. The highest BCUT2D eigenvalue weighted by molar-refractivity contribution is 5.99. The average molecular weight is 379 g/mol. The third-order valence-electron chi connectivity index (χ3n) is 5.27. The molecule has 28 heavy (non-hydrogen) atoms. The Balaban J connectivity index is 1.55. The van der Waals surface area contributed by atoms with Crippen LogP contribution in [0.4, 0.5) is 5.69 Å². The normalized spacial score (nSPS) is 15.2. The molecule has 1 fully saturated rings. The molecule has 146 valence electrons. The monoisotopic (exact) mass is 379 g/mol. The van der Waals surface area contributed by atoms with Crippen LogP contribution in [0.5, 0.6) is 0 Å². The first-order valence-corrected chi connectivity index (χ1v) is 9.70. The fraction of sp³-hybridized carbons (Fsp3) is 0.364. The van der Waals surface area contributed by atoms with Crippen molar-refractivity contribution >= 4 is 17.3 Å². The number of non-ortho nitro benzene ring substituents is 1. The second-order valence-electron chi connectivity index (χ2n) is 7.29. The van der Waals surface area contributed by atoms with Crippen LogP contribution in [0, 0.1) is 10.1 Å². The Morgan fingerprint density at radius 3 is 2.32 bits per heavy atom. The minimum absolute atomic E-state index is 0.00898. The molecular weight excluding hydrogens is 354 g/mol. The largest absolute Gasteiger partial charge is 0.273 e. The molecule has 1 N–H and O–H groups in total. The highest BCUT2D eigenvalue weighted by atomic mass is 16.6. The van der Waals surface area contributed by atoms with E-state index in [1.165, 1.54) is 49.8 Å². The topological polar surface area (TPSA) is 84.6 Å². The number of hydrazone groups is 1. The van der Waals surface area contributed by atoms with Gasteiger partial charge in [0.1, 0.15) is 0 Å². The Morgan fingerprint density at radius 2 is 1.71 bits per heavy atom. The van der Waals surface area contributed by atoms with E-state index in [4.69, 9.17) is 0 Å². The van der Waals surface area contributed by atoms with Gasteiger partial charge in [-0.1, -0.05) is 55.7 Å². The molecule has 0 spiro atoms. The van der Waals surface area contributed by atoms with Crippen molar-refractivity contribution in [3.63, 3.8) is 0 Å². The van der Waals surface area contributed by atoms with Gasteiger partial charge in [-0.25, -0.2) is 5.43 Å². The number of nitro benzene ring substituents is 1. The number of benzene rings is 2. The SMILES string of the molecule is C/C(=N/NC(=O)Cc1ccc([N+](=O)[O-])cc1)c1ccc(C2CCCCC2)cc1. The van der Waals surface area contributed by atoms with Crippen molar-refractivity contribution in [2.75, 3.05) is 0 Å². The molecular formula is C22H25N3O3. The second kappa shape index (κ2) is 9.26. The third kappa shape index (κ3) is 5.25.